The van der Waals surface area contributed by atoms with Gasteiger partial charge in [0.2, 0.25) is 0 Å². The van der Waals surface area contributed by atoms with E-state index in [4.69, 9.17) is 14.2 Å². The second kappa shape index (κ2) is 5.53. The van der Waals surface area contributed by atoms with Gasteiger partial charge in [-0.15, -0.1) is 0 Å². The van der Waals surface area contributed by atoms with Crippen LogP contribution in [0.3, 0.4) is 0 Å². The summed E-state index contributed by atoms with van der Waals surface area (Å²) in [4.78, 5) is 6.63. The Morgan fingerprint density at radius 3 is 2.17 bits per heavy atom. The van der Waals surface area contributed by atoms with E-state index >= 15 is 0 Å². The number of aromatic nitrogens is 2. The normalized spacial score (nSPS) is 11.1. The first-order valence-corrected chi connectivity index (χ1v) is 7.63. The number of methoxy groups -OCH3 is 3. The maximum Gasteiger partial charge on any atom is 0.146 e. The van der Waals surface area contributed by atoms with Gasteiger partial charge in [0.1, 0.15) is 17.2 Å². The second-order valence-electron chi connectivity index (χ2n) is 5.57. The first-order valence-electron chi connectivity index (χ1n) is 7.63. The molecule has 4 rings (SSSR count). The van der Waals surface area contributed by atoms with Gasteiger partial charge in [0.25, 0.3) is 0 Å². The molecule has 0 saturated carbocycles. The predicted molar refractivity (Wildman–Crippen MR) is 95.2 cm³/mol. The molecule has 0 fully saturated rings. The van der Waals surface area contributed by atoms with E-state index < -0.39 is 0 Å². The maximum atomic E-state index is 5.49. The topological polar surface area (TPSA) is 59.3 Å². The van der Waals surface area contributed by atoms with E-state index in [0.717, 1.165) is 50.2 Å². The van der Waals surface area contributed by atoms with Crippen molar-refractivity contribution in [2.45, 2.75) is 0 Å². The highest BCUT2D eigenvalue weighted by Gasteiger charge is 2.15. The lowest BCUT2D eigenvalue weighted by Crippen LogP contribution is -1.88. The van der Waals surface area contributed by atoms with Crippen molar-refractivity contribution in [3.05, 3.63) is 42.7 Å². The van der Waals surface area contributed by atoms with Crippen molar-refractivity contribution in [3.8, 4) is 28.4 Å². The molecular formula is C19H18N2O3. The molecule has 0 aliphatic rings. The lowest BCUT2D eigenvalue weighted by molar-refractivity contribution is 0.397. The highest BCUT2D eigenvalue weighted by molar-refractivity contribution is 6.06. The Morgan fingerprint density at radius 1 is 0.708 bits per heavy atom. The maximum absolute atomic E-state index is 5.49. The van der Waals surface area contributed by atoms with Gasteiger partial charge in [-0.05, 0) is 24.3 Å². The molecule has 0 aliphatic heterocycles. The number of ether oxygens (including phenoxy) is 3. The average Bonchev–Trinajstić information content (AvgIpc) is 3.23. The molecule has 4 aromatic rings. The quantitative estimate of drug-likeness (QED) is 0.587. The minimum atomic E-state index is 0.757. The van der Waals surface area contributed by atoms with E-state index in [9.17, 15) is 0 Å². The van der Waals surface area contributed by atoms with Gasteiger partial charge in [-0.1, -0.05) is 0 Å². The Bertz CT molecular complexity index is 1030. The lowest BCUT2D eigenvalue weighted by Gasteiger charge is -2.07. The number of hydrogen-bond acceptors (Lipinski definition) is 3. The first kappa shape index (κ1) is 14.5. The Labute approximate surface area is 139 Å². The molecule has 122 valence electrons. The smallest absolute Gasteiger partial charge is 0.146 e. The summed E-state index contributed by atoms with van der Waals surface area (Å²) < 4.78 is 16.3. The highest BCUT2D eigenvalue weighted by atomic mass is 16.5. The monoisotopic (exact) mass is 322 g/mol. The van der Waals surface area contributed by atoms with E-state index in [2.05, 4.69) is 9.97 Å². The van der Waals surface area contributed by atoms with Crippen LogP contribution in [0.1, 0.15) is 0 Å². The van der Waals surface area contributed by atoms with Gasteiger partial charge in [-0.25, -0.2) is 0 Å². The Hall–Kier alpha value is -3.08. The second-order valence-corrected chi connectivity index (χ2v) is 5.57. The van der Waals surface area contributed by atoms with Gasteiger partial charge in [0, 0.05) is 45.9 Å². The molecule has 0 atom stereocenters. The molecule has 2 aromatic carbocycles. The third-order valence-electron chi connectivity index (χ3n) is 4.36. The molecule has 0 saturated heterocycles. The van der Waals surface area contributed by atoms with Crippen molar-refractivity contribution in [2.24, 2.45) is 0 Å². The fourth-order valence-corrected chi connectivity index (χ4v) is 3.12. The fraction of sp³-hybridized carbons (Fsp3) is 0.158. The van der Waals surface area contributed by atoms with Crippen LogP contribution in [0.25, 0.3) is 32.9 Å². The van der Waals surface area contributed by atoms with Crippen molar-refractivity contribution >= 4 is 21.8 Å². The van der Waals surface area contributed by atoms with Crippen LogP contribution in [-0.4, -0.2) is 31.3 Å². The molecule has 0 unspecified atom stereocenters. The van der Waals surface area contributed by atoms with Crippen LogP contribution < -0.4 is 14.2 Å². The van der Waals surface area contributed by atoms with Crippen molar-refractivity contribution < 1.29 is 14.2 Å². The number of aromatic amines is 2. The fourth-order valence-electron chi connectivity index (χ4n) is 3.12. The van der Waals surface area contributed by atoms with E-state index in [1.165, 1.54) is 0 Å². The molecular weight excluding hydrogens is 304 g/mol. The minimum Gasteiger partial charge on any atom is -0.497 e. The number of rotatable bonds is 4. The minimum absolute atomic E-state index is 0.757. The van der Waals surface area contributed by atoms with Gasteiger partial charge in [-0.3, -0.25) is 0 Å². The average molecular weight is 322 g/mol. The molecule has 5 nitrogen and oxygen atoms in total. The Kier molecular flexibility index (Phi) is 3.34. The zero-order chi connectivity index (χ0) is 16.7. The Balaban J connectivity index is 2.00. The summed E-state index contributed by atoms with van der Waals surface area (Å²) in [7, 11) is 4.99. The van der Waals surface area contributed by atoms with Gasteiger partial charge >= 0.3 is 0 Å². The van der Waals surface area contributed by atoms with Crippen LogP contribution in [0.4, 0.5) is 0 Å². The number of H-pyrrole nitrogens is 2. The SMILES string of the molecule is COc1ccc2[nH]cc(-c3c[nH]c4c(OC)cc(OC)cc34)c2c1. The first-order chi connectivity index (χ1) is 11.7. The molecule has 2 heterocycles. The van der Waals surface area contributed by atoms with E-state index in [0.29, 0.717) is 0 Å². The molecule has 0 radical (unpaired) electrons. The van der Waals surface area contributed by atoms with E-state index in [1.807, 2.05) is 42.7 Å². The zero-order valence-corrected chi connectivity index (χ0v) is 13.8. The molecule has 5 heteroatoms. The largest absolute Gasteiger partial charge is 0.497 e. The van der Waals surface area contributed by atoms with Crippen molar-refractivity contribution in [2.75, 3.05) is 21.3 Å². The summed E-state index contributed by atoms with van der Waals surface area (Å²) in [6.45, 7) is 0. The highest BCUT2D eigenvalue weighted by Crippen LogP contribution is 2.39. The standard InChI is InChI=1S/C19H18N2O3/c1-22-11-4-5-17-13(6-11)15(9-20-17)16-10-21-19-14(16)7-12(23-2)8-18(19)24-3/h4-10,20-21H,1-3H3. The summed E-state index contributed by atoms with van der Waals surface area (Å²) in [6, 6.07) is 9.90. The summed E-state index contributed by atoms with van der Waals surface area (Å²) in [6.07, 6.45) is 4.01. The van der Waals surface area contributed by atoms with Crippen LogP contribution >= 0.6 is 0 Å². The van der Waals surface area contributed by atoms with Crippen LogP contribution in [0.5, 0.6) is 17.2 Å². The summed E-state index contributed by atoms with van der Waals surface area (Å²) in [5.74, 6) is 2.35. The van der Waals surface area contributed by atoms with Crippen molar-refractivity contribution in [3.63, 3.8) is 0 Å². The van der Waals surface area contributed by atoms with Gasteiger partial charge in [-0.2, -0.15) is 0 Å². The molecule has 2 aromatic heterocycles. The van der Waals surface area contributed by atoms with Gasteiger partial charge in [0.05, 0.1) is 26.8 Å². The van der Waals surface area contributed by atoms with E-state index in [-0.39, 0.29) is 0 Å². The molecule has 0 bridgehead atoms. The molecule has 2 N–H and O–H groups in total. The molecule has 0 spiro atoms. The van der Waals surface area contributed by atoms with Crippen LogP contribution in [0.15, 0.2) is 42.7 Å². The zero-order valence-electron chi connectivity index (χ0n) is 13.8. The van der Waals surface area contributed by atoms with Crippen LogP contribution in [0.2, 0.25) is 0 Å². The van der Waals surface area contributed by atoms with Crippen LogP contribution in [-0.2, 0) is 0 Å². The summed E-state index contributed by atoms with van der Waals surface area (Å²) in [5.41, 5.74) is 4.20. The van der Waals surface area contributed by atoms with Crippen molar-refractivity contribution in [1.29, 1.82) is 0 Å². The van der Waals surface area contributed by atoms with E-state index in [1.54, 1.807) is 21.3 Å². The number of benzene rings is 2. The van der Waals surface area contributed by atoms with Gasteiger partial charge < -0.3 is 24.2 Å². The Morgan fingerprint density at radius 2 is 1.42 bits per heavy atom. The third-order valence-corrected chi connectivity index (χ3v) is 4.36. The molecule has 24 heavy (non-hydrogen) atoms. The number of nitrogens with one attached hydrogen (secondary N) is 2. The summed E-state index contributed by atoms with van der Waals surface area (Å²) >= 11 is 0. The predicted octanol–water partition coefficient (Wildman–Crippen LogP) is 4.34. The molecule has 0 aliphatic carbocycles. The van der Waals surface area contributed by atoms with Crippen LogP contribution in [0, 0.1) is 0 Å². The van der Waals surface area contributed by atoms with Gasteiger partial charge in [0.15, 0.2) is 0 Å². The summed E-state index contributed by atoms with van der Waals surface area (Å²) in [5, 5.41) is 2.16. The molecule has 0 amide bonds. The lowest BCUT2D eigenvalue weighted by atomic mass is 10.0. The third kappa shape index (κ3) is 2.09. The van der Waals surface area contributed by atoms with Crippen molar-refractivity contribution in [1.82, 2.24) is 9.97 Å². The number of fused-ring (bicyclic) bond motifs is 2. The number of hydrogen-bond donors (Lipinski definition) is 2.